The molecule has 2 aromatic heterocycles. The highest BCUT2D eigenvalue weighted by Gasteiger charge is 2.21. The fourth-order valence-electron chi connectivity index (χ4n) is 4.70. The normalized spacial score (nSPS) is 13.9. The number of benzene rings is 2. The minimum Gasteiger partial charge on any atom is -0.310 e. The van der Waals surface area contributed by atoms with E-state index in [-0.39, 0.29) is 17.2 Å². The van der Waals surface area contributed by atoms with Gasteiger partial charge in [0.25, 0.3) is 5.56 Å². The summed E-state index contributed by atoms with van der Waals surface area (Å²) in [6.07, 6.45) is 7.99. The van der Waals surface area contributed by atoms with Gasteiger partial charge in [-0.25, -0.2) is 9.67 Å². The van der Waals surface area contributed by atoms with Crippen LogP contribution in [0.3, 0.4) is 0 Å². The van der Waals surface area contributed by atoms with Crippen LogP contribution in [0.15, 0.2) is 76.8 Å². The maximum absolute atomic E-state index is 13.3. The van der Waals surface area contributed by atoms with E-state index in [1.165, 1.54) is 30.2 Å². The quantitative estimate of drug-likeness (QED) is 0.263. The average molecular weight is 488 g/mol. The molecule has 1 saturated carbocycles. The predicted molar refractivity (Wildman–Crippen MR) is 140 cm³/mol. The van der Waals surface area contributed by atoms with Gasteiger partial charge in [0.1, 0.15) is 5.82 Å². The van der Waals surface area contributed by atoms with Gasteiger partial charge in [-0.1, -0.05) is 67.1 Å². The number of thioether (sulfide) groups is 1. The molecule has 1 N–H and O–H groups in total. The summed E-state index contributed by atoms with van der Waals surface area (Å²) in [5.74, 6) is 0.765. The van der Waals surface area contributed by atoms with Gasteiger partial charge in [0.15, 0.2) is 5.16 Å². The first-order valence-corrected chi connectivity index (χ1v) is 13.2. The predicted octanol–water partition coefficient (Wildman–Crippen LogP) is 5.07. The maximum Gasteiger partial charge on any atom is 0.262 e. The third kappa shape index (κ3) is 5.48. The molecule has 2 heterocycles. The van der Waals surface area contributed by atoms with Crippen molar-refractivity contribution in [3.8, 4) is 0 Å². The van der Waals surface area contributed by atoms with Gasteiger partial charge in [0, 0.05) is 12.6 Å². The Bertz CT molecular complexity index is 1360. The highest BCUT2D eigenvalue weighted by atomic mass is 32.2. The fourth-order valence-corrected chi connectivity index (χ4v) is 5.53. The Hall–Kier alpha value is -3.39. The fraction of sp³-hybridized carbons (Fsp3) is 0.333. The van der Waals surface area contributed by atoms with Crippen LogP contribution in [0.5, 0.6) is 0 Å². The van der Waals surface area contributed by atoms with Crippen molar-refractivity contribution in [2.45, 2.75) is 56.3 Å². The highest BCUT2D eigenvalue weighted by Crippen LogP contribution is 2.31. The molecule has 0 bridgehead atoms. The van der Waals surface area contributed by atoms with Crippen molar-refractivity contribution >= 4 is 34.4 Å². The first-order valence-electron chi connectivity index (χ1n) is 12.2. The third-order valence-electron chi connectivity index (χ3n) is 6.46. The van der Waals surface area contributed by atoms with E-state index in [2.05, 4.69) is 22.5 Å². The summed E-state index contributed by atoms with van der Waals surface area (Å²) in [7, 11) is 0. The molecular formula is C27H29N5O2S. The number of nitrogens with zero attached hydrogens (tertiary/aromatic N) is 4. The number of para-hydroxylation sites is 1. The zero-order valence-electron chi connectivity index (χ0n) is 19.6. The summed E-state index contributed by atoms with van der Waals surface area (Å²) in [6, 6.07) is 19.8. The standard InChI is InChI=1S/C27H29N5O2S/c33-25(30-24-16-17-28-32(24)21-12-4-5-13-21)19-35-27-29-23-15-7-6-14-22(23)26(34)31(27)18-8-11-20-9-2-1-3-10-20/h1-3,6-7,9-10,14-17,21H,4-5,8,11-13,18-19H2,(H,30,33). The lowest BCUT2D eigenvalue weighted by Gasteiger charge is -2.15. The summed E-state index contributed by atoms with van der Waals surface area (Å²) in [5, 5.41) is 8.59. The third-order valence-corrected chi connectivity index (χ3v) is 7.43. The Morgan fingerprint density at radius 1 is 1.03 bits per heavy atom. The topological polar surface area (TPSA) is 81.8 Å². The number of carbonyl (C=O) groups is 1. The smallest absolute Gasteiger partial charge is 0.262 e. The van der Waals surface area contributed by atoms with Crippen LogP contribution in [0, 0.1) is 0 Å². The van der Waals surface area contributed by atoms with Gasteiger partial charge in [0.2, 0.25) is 5.91 Å². The van der Waals surface area contributed by atoms with E-state index in [4.69, 9.17) is 4.98 Å². The Balaban J connectivity index is 1.30. The zero-order chi connectivity index (χ0) is 24.0. The summed E-state index contributed by atoms with van der Waals surface area (Å²) in [5.41, 5.74) is 1.83. The molecule has 0 unspecified atom stereocenters. The largest absolute Gasteiger partial charge is 0.310 e. The lowest BCUT2D eigenvalue weighted by molar-refractivity contribution is -0.113. The molecule has 35 heavy (non-hydrogen) atoms. The van der Waals surface area contributed by atoms with Gasteiger partial charge in [-0.15, -0.1) is 0 Å². The minimum absolute atomic E-state index is 0.0640. The van der Waals surface area contributed by atoms with E-state index in [0.717, 1.165) is 31.5 Å². The molecule has 1 fully saturated rings. The minimum atomic E-state index is -0.131. The maximum atomic E-state index is 13.3. The molecule has 7 nitrogen and oxygen atoms in total. The number of aromatic nitrogens is 4. The molecule has 8 heteroatoms. The molecule has 180 valence electrons. The molecular weight excluding hydrogens is 458 g/mol. The summed E-state index contributed by atoms with van der Waals surface area (Å²) >= 11 is 1.30. The number of fused-ring (bicyclic) bond motifs is 1. The molecule has 0 aliphatic heterocycles. The number of nitrogens with one attached hydrogen (secondary N) is 1. The molecule has 0 spiro atoms. The SMILES string of the molecule is O=C(CSc1nc2ccccc2c(=O)n1CCCc1ccccc1)Nc1ccnn1C1CCCC1. The number of amides is 1. The van der Waals surface area contributed by atoms with E-state index in [1.807, 2.05) is 53.2 Å². The molecule has 0 saturated heterocycles. The van der Waals surface area contributed by atoms with Gasteiger partial charge in [0.05, 0.1) is 28.9 Å². The van der Waals surface area contributed by atoms with Crippen molar-refractivity contribution < 1.29 is 4.79 Å². The van der Waals surface area contributed by atoms with Crippen molar-refractivity contribution in [1.82, 2.24) is 19.3 Å². The molecule has 2 aromatic carbocycles. The van der Waals surface area contributed by atoms with Gasteiger partial charge in [-0.3, -0.25) is 14.2 Å². The van der Waals surface area contributed by atoms with Crippen LogP contribution in [-0.4, -0.2) is 31.0 Å². The molecule has 1 aliphatic rings. The van der Waals surface area contributed by atoms with Gasteiger partial charge in [-0.2, -0.15) is 5.10 Å². The van der Waals surface area contributed by atoms with Crippen LogP contribution in [0.2, 0.25) is 0 Å². The molecule has 1 amide bonds. The summed E-state index contributed by atoms with van der Waals surface area (Å²) < 4.78 is 3.65. The van der Waals surface area contributed by atoms with Crippen molar-refractivity contribution in [3.63, 3.8) is 0 Å². The number of carbonyl (C=O) groups excluding carboxylic acids is 1. The Morgan fingerprint density at radius 2 is 1.80 bits per heavy atom. The van der Waals surface area contributed by atoms with Crippen LogP contribution < -0.4 is 10.9 Å². The van der Waals surface area contributed by atoms with Crippen LogP contribution in [0.4, 0.5) is 5.82 Å². The number of anilines is 1. The second kappa shape index (κ2) is 10.9. The van der Waals surface area contributed by atoms with Crippen molar-refractivity contribution in [2.75, 3.05) is 11.1 Å². The highest BCUT2D eigenvalue weighted by molar-refractivity contribution is 7.99. The van der Waals surface area contributed by atoms with E-state index in [9.17, 15) is 9.59 Å². The average Bonchev–Trinajstić information content (AvgIpc) is 3.57. The van der Waals surface area contributed by atoms with E-state index >= 15 is 0 Å². The number of hydrogen-bond acceptors (Lipinski definition) is 5. The lowest BCUT2D eigenvalue weighted by atomic mass is 10.1. The Morgan fingerprint density at radius 3 is 2.63 bits per heavy atom. The monoisotopic (exact) mass is 487 g/mol. The van der Waals surface area contributed by atoms with Gasteiger partial charge in [-0.05, 0) is 43.4 Å². The molecule has 4 aromatic rings. The molecule has 0 radical (unpaired) electrons. The van der Waals surface area contributed by atoms with Crippen LogP contribution in [0.25, 0.3) is 10.9 Å². The van der Waals surface area contributed by atoms with Crippen molar-refractivity contribution in [1.29, 1.82) is 0 Å². The van der Waals surface area contributed by atoms with Gasteiger partial charge < -0.3 is 5.32 Å². The van der Waals surface area contributed by atoms with Crippen molar-refractivity contribution in [2.24, 2.45) is 0 Å². The molecule has 5 rings (SSSR count). The molecule has 0 atom stereocenters. The van der Waals surface area contributed by atoms with Crippen LogP contribution >= 0.6 is 11.8 Å². The van der Waals surface area contributed by atoms with Crippen LogP contribution in [-0.2, 0) is 17.8 Å². The first kappa shape index (κ1) is 23.4. The van der Waals surface area contributed by atoms with E-state index in [0.29, 0.717) is 28.6 Å². The zero-order valence-corrected chi connectivity index (χ0v) is 20.4. The second-order valence-electron chi connectivity index (χ2n) is 8.89. The first-order chi connectivity index (χ1) is 17.2. The summed E-state index contributed by atoms with van der Waals surface area (Å²) in [4.78, 5) is 30.8. The van der Waals surface area contributed by atoms with Gasteiger partial charge >= 0.3 is 0 Å². The Labute approximate surface area is 208 Å². The van der Waals surface area contributed by atoms with E-state index < -0.39 is 0 Å². The number of aryl methyl sites for hydroxylation is 1. The number of rotatable bonds is 9. The van der Waals surface area contributed by atoms with Crippen LogP contribution in [0.1, 0.15) is 43.7 Å². The van der Waals surface area contributed by atoms with Crippen molar-refractivity contribution in [3.05, 3.63) is 82.8 Å². The second-order valence-corrected chi connectivity index (χ2v) is 9.84. The summed E-state index contributed by atoms with van der Waals surface area (Å²) in [6.45, 7) is 0.546. The Kier molecular flexibility index (Phi) is 7.28. The molecule has 1 aliphatic carbocycles. The number of hydrogen-bond donors (Lipinski definition) is 1. The lowest BCUT2D eigenvalue weighted by Crippen LogP contribution is -2.25. The van der Waals surface area contributed by atoms with E-state index in [1.54, 1.807) is 10.8 Å².